The normalized spacial score (nSPS) is 17.2. The van der Waals surface area contributed by atoms with Gasteiger partial charge in [-0.2, -0.15) is 13.1 Å². The van der Waals surface area contributed by atoms with Crippen molar-refractivity contribution in [3.8, 4) is 11.5 Å². The number of rotatable bonds is 8. The number of carbonyl (C=O) groups is 1. The Morgan fingerprint density at radius 2 is 2.06 bits per heavy atom. The van der Waals surface area contributed by atoms with E-state index in [2.05, 4.69) is 9.89 Å². The number of aromatic nitrogens is 1. The monoisotopic (exact) mass is 487 g/mol. The van der Waals surface area contributed by atoms with Crippen LogP contribution in [-0.2, 0) is 21.4 Å². The van der Waals surface area contributed by atoms with E-state index in [4.69, 9.17) is 9.26 Å². The molecule has 0 bridgehead atoms. The van der Waals surface area contributed by atoms with Crippen molar-refractivity contribution in [2.75, 3.05) is 27.2 Å². The number of sulfonamides is 1. The molecule has 1 aromatic carbocycles. The number of piperidine rings is 1. The summed E-state index contributed by atoms with van der Waals surface area (Å²) in [4.78, 5) is 14.6. The van der Waals surface area contributed by atoms with Gasteiger partial charge in [-0.1, -0.05) is 11.2 Å². The summed E-state index contributed by atoms with van der Waals surface area (Å²) in [6.07, 6.45) is 1.07. The van der Waals surface area contributed by atoms with Gasteiger partial charge in [-0.15, -0.1) is 0 Å². The smallest absolute Gasteiger partial charge is 0.387 e. The number of nitrogens with zero attached hydrogens (tertiary/aromatic N) is 3. The van der Waals surface area contributed by atoms with Crippen LogP contribution in [0.25, 0.3) is 0 Å². The molecule has 1 fully saturated rings. The molecular formula is C21H27F2N3O6S. The summed E-state index contributed by atoms with van der Waals surface area (Å²) in [6, 6.07) is 4.53. The number of amides is 1. The lowest BCUT2D eigenvalue weighted by molar-refractivity contribution is -0.135. The molecule has 1 saturated heterocycles. The summed E-state index contributed by atoms with van der Waals surface area (Å²) in [5.41, 5.74) is 0.845. The molecule has 12 heteroatoms. The first kappa shape index (κ1) is 24.9. The van der Waals surface area contributed by atoms with Gasteiger partial charge < -0.3 is 18.9 Å². The van der Waals surface area contributed by atoms with Gasteiger partial charge in [0, 0.05) is 26.7 Å². The zero-order valence-corrected chi connectivity index (χ0v) is 19.7. The number of benzene rings is 1. The minimum absolute atomic E-state index is 0.0359. The Labute approximate surface area is 191 Å². The molecule has 1 aromatic heterocycles. The van der Waals surface area contributed by atoms with Gasteiger partial charge in [0.05, 0.1) is 13.0 Å². The average molecular weight is 488 g/mol. The van der Waals surface area contributed by atoms with E-state index >= 15 is 0 Å². The van der Waals surface area contributed by atoms with E-state index in [-0.39, 0.29) is 46.8 Å². The van der Waals surface area contributed by atoms with E-state index in [0.717, 1.165) is 0 Å². The number of carbonyl (C=O) groups excluding carboxylic acids is 1. The van der Waals surface area contributed by atoms with E-state index in [1.807, 2.05) is 0 Å². The van der Waals surface area contributed by atoms with Gasteiger partial charge in [-0.05, 0) is 44.4 Å². The molecule has 0 N–H and O–H groups in total. The van der Waals surface area contributed by atoms with Crippen molar-refractivity contribution >= 4 is 15.9 Å². The molecule has 9 nitrogen and oxygen atoms in total. The predicted molar refractivity (Wildman–Crippen MR) is 114 cm³/mol. The Morgan fingerprint density at radius 1 is 1.33 bits per heavy atom. The Hall–Kier alpha value is -2.73. The van der Waals surface area contributed by atoms with Gasteiger partial charge in [-0.3, -0.25) is 4.79 Å². The highest BCUT2D eigenvalue weighted by Gasteiger charge is 2.37. The van der Waals surface area contributed by atoms with Crippen LogP contribution in [0, 0.1) is 19.8 Å². The van der Waals surface area contributed by atoms with Crippen LogP contribution in [0.15, 0.2) is 27.6 Å². The Morgan fingerprint density at radius 3 is 2.67 bits per heavy atom. The SMILES string of the molecule is COc1ccc(CN(C)C(=O)C2CCCN(S(=O)(=O)c3c(C)noc3C)C2)cc1OC(F)F. The van der Waals surface area contributed by atoms with Gasteiger partial charge in [0.15, 0.2) is 17.3 Å². The third-order valence-corrected chi connectivity index (χ3v) is 7.65. The first-order valence-electron chi connectivity index (χ1n) is 10.3. The molecule has 0 saturated carbocycles. The molecule has 3 rings (SSSR count). The summed E-state index contributed by atoms with van der Waals surface area (Å²) >= 11 is 0. The molecular weight excluding hydrogens is 460 g/mol. The van der Waals surface area contributed by atoms with Crippen molar-refractivity contribution in [1.29, 1.82) is 0 Å². The maximum atomic E-state index is 13.1. The third-order valence-electron chi connectivity index (χ3n) is 5.54. The van der Waals surface area contributed by atoms with E-state index in [9.17, 15) is 22.0 Å². The molecule has 182 valence electrons. The average Bonchev–Trinajstić information content (AvgIpc) is 3.11. The molecule has 1 atom stereocenters. The van der Waals surface area contributed by atoms with E-state index in [0.29, 0.717) is 24.9 Å². The number of ether oxygens (including phenoxy) is 2. The molecule has 1 aliphatic heterocycles. The fraction of sp³-hybridized carbons (Fsp3) is 0.524. The molecule has 2 aromatic rings. The second-order valence-corrected chi connectivity index (χ2v) is 9.79. The number of halogens is 2. The van der Waals surface area contributed by atoms with Crippen molar-refractivity contribution in [1.82, 2.24) is 14.4 Å². The lowest BCUT2D eigenvalue weighted by Gasteiger charge is -2.33. The second-order valence-electron chi connectivity index (χ2n) is 7.91. The summed E-state index contributed by atoms with van der Waals surface area (Å²) in [5, 5.41) is 3.72. The molecule has 1 unspecified atom stereocenters. The van der Waals surface area contributed by atoms with Crippen LogP contribution < -0.4 is 9.47 Å². The quantitative estimate of drug-likeness (QED) is 0.564. The molecule has 2 heterocycles. The molecule has 0 radical (unpaired) electrons. The Balaban J connectivity index is 1.72. The van der Waals surface area contributed by atoms with E-state index < -0.39 is 22.6 Å². The van der Waals surface area contributed by atoms with Crippen LogP contribution in [0.1, 0.15) is 29.9 Å². The Kier molecular flexibility index (Phi) is 7.58. The standard InChI is InChI=1S/C21H27F2N3O6S/c1-13-19(14(2)32-24-13)33(28,29)26-9-5-6-16(12-26)20(27)25(3)11-15-7-8-17(30-4)18(10-15)31-21(22)23/h7-8,10,16,21H,5-6,9,11-12H2,1-4H3. The maximum Gasteiger partial charge on any atom is 0.387 e. The maximum absolute atomic E-state index is 13.1. The van der Waals surface area contributed by atoms with Crippen LogP contribution in [0.5, 0.6) is 11.5 Å². The van der Waals surface area contributed by atoms with Gasteiger partial charge in [-0.25, -0.2) is 8.42 Å². The molecule has 33 heavy (non-hydrogen) atoms. The topological polar surface area (TPSA) is 102 Å². The van der Waals surface area contributed by atoms with Crippen molar-refractivity contribution in [2.45, 2.75) is 44.7 Å². The van der Waals surface area contributed by atoms with Crippen LogP contribution in [0.3, 0.4) is 0 Å². The fourth-order valence-electron chi connectivity index (χ4n) is 4.01. The van der Waals surface area contributed by atoms with Gasteiger partial charge >= 0.3 is 6.61 Å². The summed E-state index contributed by atoms with van der Waals surface area (Å²) in [7, 11) is -0.924. The molecule has 0 aliphatic carbocycles. The lowest BCUT2D eigenvalue weighted by atomic mass is 9.98. The highest BCUT2D eigenvalue weighted by atomic mass is 32.2. The Bertz CT molecular complexity index is 1090. The third kappa shape index (κ3) is 5.44. The van der Waals surface area contributed by atoms with Crippen molar-refractivity contribution in [3.63, 3.8) is 0 Å². The first-order valence-corrected chi connectivity index (χ1v) is 11.8. The van der Waals surface area contributed by atoms with E-state index in [1.165, 1.54) is 35.4 Å². The molecule has 1 amide bonds. The summed E-state index contributed by atoms with van der Waals surface area (Å²) in [5.74, 6) is -0.532. The number of hydrogen-bond acceptors (Lipinski definition) is 7. The lowest BCUT2D eigenvalue weighted by Crippen LogP contribution is -2.45. The minimum atomic E-state index is -3.85. The molecule has 0 spiro atoms. The van der Waals surface area contributed by atoms with Gasteiger partial charge in [0.25, 0.3) is 0 Å². The second kappa shape index (κ2) is 10.0. The van der Waals surface area contributed by atoms with Crippen LogP contribution >= 0.6 is 0 Å². The number of alkyl halides is 2. The van der Waals surface area contributed by atoms with Crippen molar-refractivity contribution in [3.05, 3.63) is 35.2 Å². The number of methoxy groups -OCH3 is 1. The number of aryl methyl sites for hydroxylation is 2. The zero-order valence-electron chi connectivity index (χ0n) is 18.9. The number of hydrogen-bond donors (Lipinski definition) is 0. The first-order chi connectivity index (χ1) is 15.5. The van der Waals surface area contributed by atoms with Crippen LogP contribution in [0.4, 0.5) is 8.78 Å². The van der Waals surface area contributed by atoms with Gasteiger partial charge in [0.2, 0.25) is 15.9 Å². The van der Waals surface area contributed by atoms with E-state index in [1.54, 1.807) is 20.0 Å². The van der Waals surface area contributed by atoms with Crippen LogP contribution in [0.2, 0.25) is 0 Å². The van der Waals surface area contributed by atoms with Crippen molar-refractivity contribution < 1.29 is 36.0 Å². The van der Waals surface area contributed by atoms with Crippen molar-refractivity contribution in [2.24, 2.45) is 5.92 Å². The highest BCUT2D eigenvalue weighted by Crippen LogP contribution is 2.31. The van der Waals surface area contributed by atoms with Crippen LogP contribution in [-0.4, -0.2) is 62.5 Å². The summed E-state index contributed by atoms with van der Waals surface area (Å²) < 4.78 is 67.4. The minimum Gasteiger partial charge on any atom is -0.493 e. The molecule has 1 aliphatic rings. The highest BCUT2D eigenvalue weighted by molar-refractivity contribution is 7.89. The zero-order chi connectivity index (χ0) is 24.3. The van der Waals surface area contributed by atoms with Gasteiger partial charge in [0.1, 0.15) is 10.6 Å². The predicted octanol–water partition coefficient (Wildman–Crippen LogP) is 2.96. The largest absolute Gasteiger partial charge is 0.493 e. The summed E-state index contributed by atoms with van der Waals surface area (Å²) in [6.45, 7) is 0.556. The fourth-order valence-corrected chi connectivity index (χ4v) is 5.82.